The number of hydrogen-bond acceptors (Lipinski definition) is 7. The van der Waals surface area contributed by atoms with Crippen molar-refractivity contribution in [3.8, 4) is 5.75 Å². The number of carbonyl (C=O) groups excluding carboxylic acids is 2. The summed E-state index contributed by atoms with van der Waals surface area (Å²) >= 11 is 3.39. The Balaban J connectivity index is 1.73. The summed E-state index contributed by atoms with van der Waals surface area (Å²) in [5.41, 5.74) is 0.920. The molecule has 1 aliphatic heterocycles. The molecule has 3 rings (SSSR count). The maximum atomic E-state index is 12.8. The van der Waals surface area contributed by atoms with Gasteiger partial charge in [0.15, 0.2) is 0 Å². The number of methoxy groups -OCH3 is 1. The van der Waals surface area contributed by atoms with Crippen LogP contribution in [0, 0.1) is 10.1 Å². The molecule has 0 radical (unpaired) electrons. The van der Waals surface area contributed by atoms with Gasteiger partial charge in [-0.1, -0.05) is 0 Å². The first-order chi connectivity index (χ1) is 14.8. The Morgan fingerprint density at radius 3 is 2.35 bits per heavy atom. The molecule has 164 valence electrons. The van der Waals surface area contributed by atoms with Crippen molar-refractivity contribution in [1.29, 1.82) is 0 Å². The molecule has 0 saturated carbocycles. The second kappa shape index (κ2) is 9.78. The van der Waals surface area contributed by atoms with Crippen molar-refractivity contribution in [2.75, 3.05) is 44.8 Å². The normalized spacial score (nSPS) is 13.6. The molecule has 1 heterocycles. The van der Waals surface area contributed by atoms with E-state index >= 15 is 0 Å². The van der Waals surface area contributed by atoms with Crippen LogP contribution in [0.1, 0.15) is 27.6 Å². The second-order valence-electron chi connectivity index (χ2n) is 6.81. The average molecular weight is 492 g/mol. The van der Waals surface area contributed by atoms with Gasteiger partial charge in [0.1, 0.15) is 11.4 Å². The summed E-state index contributed by atoms with van der Waals surface area (Å²) < 4.78 is 10.8. The van der Waals surface area contributed by atoms with Crippen molar-refractivity contribution in [1.82, 2.24) is 4.90 Å². The van der Waals surface area contributed by atoms with E-state index < -0.39 is 10.9 Å². The van der Waals surface area contributed by atoms with Crippen molar-refractivity contribution in [2.24, 2.45) is 0 Å². The minimum absolute atomic E-state index is 0.116. The number of esters is 1. The lowest BCUT2D eigenvalue weighted by molar-refractivity contribution is -0.384. The van der Waals surface area contributed by atoms with Crippen LogP contribution in [-0.2, 0) is 4.74 Å². The minimum Gasteiger partial charge on any atom is -0.496 e. The van der Waals surface area contributed by atoms with E-state index in [0.717, 1.165) is 0 Å². The number of nitrogens with zero attached hydrogens (tertiary/aromatic N) is 3. The highest BCUT2D eigenvalue weighted by Gasteiger charge is 2.27. The van der Waals surface area contributed by atoms with Gasteiger partial charge in [0.25, 0.3) is 11.6 Å². The number of anilines is 1. The smallest absolute Gasteiger partial charge is 0.338 e. The van der Waals surface area contributed by atoms with E-state index in [9.17, 15) is 19.7 Å². The molecule has 1 aliphatic rings. The molecular weight excluding hydrogens is 470 g/mol. The van der Waals surface area contributed by atoms with E-state index in [-0.39, 0.29) is 23.8 Å². The van der Waals surface area contributed by atoms with Crippen LogP contribution >= 0.6 is 15.9 Å². The summed E-state index contributed by atoms with van der Waals surface area (Å²) in [6, 6.07) is 9.46. The topological polar surface area (TPSA) is 102 Å². The Morgan fingerprint density at radius 1 is 1.10 bits per heavy atom. The zero-order chi connectivity index (χ0) is 22.5. The van der Waals surface area contributed by atoms with E-state index in [1.807, 2.05) is 4.90 Å². The van der Waals surface area contributed by atoms with Crippen LogP contribution in [0.5, 0.6) is 5.75 Å². The average Bonchev–Trinajstić information content (AvgIpc) is 2.78. The molecule has 0 aliphatic carbocycles. The molecule has 0 spiro atoms. The maximum absolute atomic E-state index is 12.8. The first-order valence-electron chi connectivity index (χ1n) is 9.69. The molecule has 9 nitrogen and oxygen atoms in total. The lowest BCUT2D eigenvalue weighted by Gasteiger charge is -2.36. The largest absolute Gasteiger partial charge is 0.496 e. The summed E-state index contributed by atoms with van der Waals surface area (Å²) in [4.78, 5) is 39.4. The van der Waals surface area contributed by atoms with E-state index in [1.165, 1.54) is 12.1 Å². The predicted molar refractivity (Wildman–Crippen MR) is 118 cm³/mol. The number of nitro benzene ring substituents is 1. The first-order valence-corrected chi connectivity index (χ1v) is 10.5. The number of ether oxygens (including phenoxy) is 2. The third-order valence-electron chi connectivity index (χ3n) is 4.99. The van der Waals surface area contributed by atoms with Gasteiger partial charge in [-0.2, -0.15) is 0 Å². The fraction of sp³-hybridized carbons (Fsp3) is 0.333. The fourth-order valence-corrected chi connectivity index (χ4v) is 3.95. The Kier molecular flexibility index (Phi) is 7.11. The fourth-order valence-electron chi connectivity index (χ4n) is 3.41. The van der Waals surface area contributed by atoms with Gasteiger partial charge in [0.05, 0.1) is 28.7 Å². The standard InChI is InChI=1S/C21H22BrN3O6/c1-3-31-21(27)15-4-6-17(18(13-15)25(28)29)23-8-10-24(11-9-23)20(26)14-5-7-19(30-2)16(22)12-14/h4-7,12-13H,3,8-11H2,1-2H3. The van der Waals surface area contributed by atoms with Crippen LogP contribution < -0.4 is 9.64 Å². The Morgan fingerprint density at radius 2 is 1.77 bits per heavy atom. The Bertz CT molecular complexity index is 1000. The second-order valence-corrected chi connectivity index (χ2v) is 7.66. The quantitative estimate of drug-likeness (QED) is 0.346. The van der Waals surface area contributed by atoms with Crippen LogP contribution in [-0.4, -0.2) is 61.6 Å². The number of carbonyl (C=O) groups is 2. The first kappa shape index (κ1) is 22.5. The molecule has 0 bridgehead atoms. The monoisotopic (exact) mass is 491 g/mol. The number of benzene rings is 2. The summed E-state index contributed by atoms with van der Waals surface area (Å²) in [5, 5.41) is 11.6. The highest BCUT2D eigenvalue weighted by Crippen LogP contribution is 2.31. The van der Waals surface area contributed by atoms with Gasteiger partial charge in [0.2, 0.25) is 0 Å². The van der Waals surface area contributed by atoms with E-state index in [2.05, 4.69) is 15.9 Å². The maximum Gasteiger partial charge on any atom is 0.338 e. The molecule has 0 aromatic heterocycles. The number of nitro groups is 1. The zero-order valence-corrected chi connectivity index (χ0v) is 18.8. The number of piperazine rings is 1. The van der Waals surface area contributed by atoms with Gasteiger partial charge < -0.3 is 19.3 Å². The van der Waals surface area contributed by atoms with Crippen LogP contribution in [0.4, 0.5) is 11.4 Å². The van der Waals surface area contributed by atoms with Crippen molar-refractivity contribution < 1.29 is 24.0 Å². The molecule has 1 saturated heterocycles. The predicted octanol–water partition coefficient (Wildman–Crippen LogP) is 3.51. The molecule has 2 aromatic rings. The molecule has 0 N–H and O–H groups in total. The molecule has 1 fully saturated rings. The van der Waals surface area contributed by atoms with Gasteiger partial charge in [-0.25, -0.2) is 4.79 Å². The molecule has 0 unspecified atom stereocenters. The van der Waals surface area contributed by atoms with Crippen LogP contribution in [0.3, 0.4) is 0 Å². The van der Waals surface area contributed by atoms with Gasteiger partial charge >= 0.3 is 5.97 Å². The molecule has 31 heavy (non-hydrogen) atoms. The van der Waals surface area contributed by atoms with E-state index in [0.29, 0.717) is 47.7 Å². The van der Waals surface area contributed by atoms with Crippen molar-refractivity contribution in [2.45, 2.75) is 6.92 Å². The molecule has 1 amide bonds. The molecule has 2 aromatic carbocycles. The third kappa shape index (κ3) is 4.96. The summed E-state index contributed by atoms with van der Waals surface area (Å²) in [6.07, 6.45) is 0. The molecule has 10 heteroatoms. The Labute approximate surface area is 187 Å². The highest BCUT2D eigenvalue weighted by molar-refractivity contribution is 9.10. The summed E-state index contributed by atoms with van der Waals surface area (Å²) in [6.45, 7) is 3.56. The van der Waals surface area contributed by atoms with Crippen LogP contribution in [0.25, 0.3) is 0 Å². The highest BCUT2D eigenvalue weighted by atomic mass is 79.9. The zero-order valence-electron chi connectivity index (χ0n) is 17.2. The number of hydrogen-bond donors (Lipinski definition) is 0. The number of amides is 1. The molecule has 0 atom stereocenters. The van der Waals surface area contributed by atoms with Crippen molar-refractivity contribution in [3.63, 3.8) is 0 Å². The lowest BCUT2D eigenvalue weighted by Crippen LogP contribution is -2.49. The molecular formula is C21H22BrN3O6. The van der Waals surface area contributed by atoms with Crippen LogP contribution in [0.15, 0.2) is 40.9 Å². The van der Waals surface area contributed by atoms with Crippen molar-refractivity contribution >= 4 is 39.2 Å². The number of rotatable bonds is 6. The van der Waals surface area contributed by atoms with Gasteiger partial charge in [0, 0.05) is 37.8 Å². The van der Waals surface area contributed by atoms with Crippen LogP contribution in [0.2, 0.25) is 0 Å². The van der Waals surface area contributed by atoms with Gasteiger partial charge in [-0.3, -0.25) is 14.9 Å². The van der Waals surface area contributed by atoms with Crippen molar-refractivity contribution in [3.05, 3.63) is 62.1 Å². The van der Waals surface area contributed by atoms with Gasteiger partial charge in [-0.05, 0) is 53.2 Å². The third-order valence-corrected chi connectivity index (χ3v) is 5.61. The summed E-state index contributed by atoms with van der Waals surface area (Å²) in [5.74, 6) is -0.0756. The SMILES string of the molecule is CCOC(=O)c1ccc(N2CCN(C(=O)c3ccc(OC)c(Br)c3)CC2)c([N+](=O)[O-])c1. The van der Waals surface area contributed by atoms with E-state index in [4.69, 9.17) is 9.47 Å². The summed E-state index contributed by atoms with van der Waals surface area (Å²) in [7, 11) is 1.55. The lowest BCUT2D eigenvalue weighted by atomic mass is 10.1. The number of halogens is 1. The Hall–Kier alpha value is -3.14. The van der Waals surface area contributed by atoms with E-state index in [1.54, 1.807) is 43.2 Å². The van der Waals surface area contributed by atoms with Gasteiger partial charge in [-0.15, -0.1) is 0 Å². The minimum atomic E-state index is -0.599.